The van der Waals surface area contributed by atoms with E-state index in [1.165, 1.54) is 19.3 Å². The van der Waals surface area contributed by atoms with Gasteiger partial charge in [-0.1, -0.05) is 18.2 Å². The van der Waals surface area contributed by atoms with E-state index in [-0.39, 0.29) is 0 Å². The first-order valence-electron chi connectivity index (χ1n) is 7.55. The Morgan fingerprint density at radius 3 is 2.70 bits per heavy atom. The average molecular weight is 268 g/mol. The lowest BCUT2D eigenvalue weighted by atomic mass is 10.0. The fourth-order valence-corrected chi connectivity index (χ4v) is 3.58. The van der Waals surface area contributed by atoms with Gasteiger partial charge < -0.3 is 5.32 Å². The molecular formula is C16H20N4. The number of fused-ring (bicyclic) bond motifs is 1. The molecule has 2 unspecified atom stereocenters. The zero-order valence-corrected chi connectivity index (χ0v) is 11.6. The molecule has 0 radical (unpaired) electrons. The molecule has 4 heteroatoms. The van der Waals surface area contributed by atoms with Gasteiger partial charge >= 0.3 is 0 Å². The van der Waals surface area contributed by atoms with Crippen LogP contribution in [-0.4, -0.2) is 21.3 Å². The lowest BCUT2D eigenvalue weighted by Crippen LogP contribution is -2.23. The zero-order chi connectivity index (χ0) is 13.4. The Kier molecular flexibility index (Phi) is 3.03. The van der Waals surface area contributed by atoms with Crippen LogP contribution in [0.15, 0.2) is 36.7 Å². The number of rotatable bonds is 5. The Bertz CT molecular complexity index is 567. The molecule has 0 spiro atoms. The standard InChI is InChI=1S/C16H20N4/c1-2-4-15(5-3-1)20-11-18-19-16(20)10-17-9-12-6-13-8-14(13)7-12/h1-5,11-14,17H,6-10H2. The Hall–Kier alpha value is -1.68. The maximum absolute atomic E-state index is 4.23. The third-order valence-corrected chi connectivity index (χ3v) is 4.71. The molecule has 2 aliphatic carbocycles. The van der Waals surface area contributed by atoms with E-state index in [4.69, 9.17) is 0 Å². The Labute approximate surface area is 119 Å². The third kappa shape index (κ3) is 2.36. The third-order valence-electron chi connectivity index (χ3n) is 4.71. The molecule has 2 saturated carbocycles. The highest BCUT2D eigenvalue weighted by molar-refractivity contribution is 5.31. The van der Waals surface area contributed by atoms with Gasteiger partial charge in [0.1, 0.15) is 6.33 Å². The predicted octanol–water partition coefficient (Wildman–Crippen LogP) is 2.40. The molecule has 104 valence electrons. The molecule has 0 saturated heterocycles. The van der Waals surface area contributed by atoms with Crippen molar-refractivity contribution in [2.24, 2.45) is 17.8 Å². The van der Waals surface area contributed by atoms with Gasteiger partial charge in [-0.3, -0.25) is 4.57 Å². The molecule has 4 rings (SSSR count). The highest BCUT2D eigenvalue weighted by Gasteiger charge is 2.45. The molecule has 4 nitrogen and oxygen atoms in total. The van der Waals surface area contributed by atoms with Crippen molar-refractivity contribution in [3.63, 3.8) is 0 Å². The van der Waals surface area contributed by atoms with Gasteiger partial charge in [0.25, 0.3) is 0 Å². The summed E-state index contributed by atoms with van der Waals surface area (Å²) in [5.41, 5.74) is 1.12. The van der Waals surface area contributed by atoms with Gasteiger partial charge in [0.2, 0.25) is 0 Å². The highest BCUT2D eigenvalue weighted by atomic mass is 15.3. The van der Waals surface area contributed by atoms with Crippen LogP contribution in [0.3, 0.4) is 0 Å². The molecule has 0 amide bonds. The number of nitrogens with zero attached hydrogens (tertiary/aromatic N) is 3. The van der Waals surface area contributed by atoms with Crippen molar-refractivity contribution in [2.75, 3.05) is 6.54 Å². The Balaban J connectivity index is 1.36. The molecule has 1 aromatic carbocycles. The molecule has 2 aromatic rings. The van der Waals surface area contributed by atoms with E-state index >= 15 is 0 Å². The zero-order valence-electron chi connectivity index (χ0n) is 11.6. The van der Waals surface area contributed by atoms with Crippen LogP contribution in [0.25, 0.3) is 5.69 Å². The molecule has 2 atom stereocenters. The number of nitrogens with one attached hydrogen (secondary N) is 1. The number of hydrogen-bond acceptors (Lipinski definition) is 3. The van der Waals surface area contributed by atoms with Gasteiger partial charge in [-0.15, -0.1) is 10.2 Å². The molecule has 20 heavy (non-hydrogen) atoms. The van der Waals surface area contributed by atoms with E-state index in [0.717, 1.165) is 42.4 Å². The Morgan fingerprint density at radius 2 is 1.90 bits per heavy atom. The van der Waals surface area contributed by atoms with Crippen LogP contribution in [0.4, 0.5) is 0 Å². The number of para-hydroxylation sites is 1. The summed E-state index contributed by atoms with van der Waals surface area (Å²) >= 11 is 0. The fourth-order valence-electron chi connectivity index (χ4n) is 3.58. The first kappa shape index (κ1) is 12.1. The van der Waals surface area contributed by atoms with Crippen LogP contribution in [-0.2, 0) is 6.54 Å². The predicted molar refractivity (Wildman–Crippen MR) is 77.4 cm³/mol. The quantitative estimate of drug-likeness (QED) is 0.905. The first-order valence-corrected chi connectivity index (χ1v) is 7.55. The van der Waals surface area contributed by atoms with E-state index in [1.807, 2.05) is 18.2 Å². The van der Waals surface area contributed by atoms with Gasteiger partial charge in [-0.25, -0.2) is 0 Å². The lowest BCUT2D eigenvalue weighted by Gasteiger charge is -2.13. The summed E-state index contributed by atoms with van der Waals surface area (Å²) in [5.74, 6) is 4.00. The van der Waals surface area contributed by atoms with Crippen LogP contribution in [0, 0.1) is 17.8 Å². The second-order valence-corrected chi connectivity index (χ2v) is 6.18. The molecule has 1 aromatic heterocycles. The first-order chi connectivity index (χ1) is 9.90. The highest BCUT2D eigenvalue weighted by Crippen LogP contribution is 2.54. The lowest BCUT2D eigenvalue weighted by molar-refractivity contribution is 0.442. The van der Waals surface area contributed by atoms with Crippen molar-refractivity contribution in [2.45, 2.75) is 25.8 Å². The molecule has 2 fully saturated rings. The minimum absolute atomic E-state index is 0.792. The second kappa shape index (κ2) is 5.02. The smallest absolute Gasteiger partial charge is 0.151 e. The summed E-state index contributed by atoms with van der Waals surface area (Å²) in [6, 6.07) is 10.3. The maximum atomic E-state index is 4.23. The van der Waals surface area contributed by atoms with Crippen molar-refractivity contribution >= 4 is 0 Å². The van der Waals surface area contributed by atoms with Crippen molar-refractivity contribution in [3.8, 4) is 5.69 Å². The van der Waals surface area contributed by atoms with Gasteiger partial charge in [0, 0.05) is 5.69 Å². The number of benzene rings is 1. The average Bonchev–Trinajstić information content (AvgIpc) is 2.90. The van der Waals surface area contributed by atoms with Gasteiger partial charge in [-0.2, -0.15) is 0 Å². The Morgan fingerprint density at radius 1 is 1.10 bits per heavy atom. The van der Waals surface area contributed by atoms with Gasteiger partial charge in [0.05, 0.1) is 6.54 Å². The molecule has 0 bridgehead atoms. The minimum atomic E-state index is 0.792. The molecule has 0 aliphatic heterocycles. The van der Waals surface area contributed by atoms with Crippen molar-refractivity contribution in [1.29, 1.82) is 0 Å². The summed E-state index contributed by atoms with van der Waals surface area (Å²) in [6.45, 7) is 1.91. The summed E-state index contributed by atoms with van der Waals surface area (Å²) in [7, 11) is 0. The van der Waals surface area contributed by atoms with Crippen molar-refractivity contribution in [3.05, 3.63) is 42.5 Å². The molecule has 1 N–H and O–H groups in total. The second-order valence-electron chi connectivity index (χ2n) is 6.18. The van der Waals surface area contributed by atoms with E-state index < -0.39 is 0 Å². The van der Waals surface area contributed by atoms with Crippen molar-refractivity contribution < 1.29 is 0 Å². The van der Waals surface area contributed by atoms with Crippen LogP contribution >= 0.6 is 0 Å². The fraction of sp³-hybridized carbons (Fsp3) is 0.500. The van der Waals surface area contributed by atoms with E-state index in [2.05, 4.69) is 32.2 Å². The number of aromatic nitrogens is 3. The molecule has 1 heterocycles. The van der Waals surface area contributed by atoms with E-state index in [9.17, 15) is 0 Å². The van der Waals surface area contributed by atoms with E-state index in [0.29, 0.717) is 0 Å². The van der Waals surface area contributed by atoms with Gasteiger partial charge in [0.15, 0.2) is 5.82 Å². The number of hydrogen-bond donors (Lipinski definition) is 1. The van der Waals surface area contributed by atoms with E-state index in [1.54, 1.807) is 6.33 Å². The summed E-state index contributed by atoms with van der Waals surface area (Å²) in [6.07, 6.45) is 6.15. The monoisotopic (exact) mass is 268 g/mol. The minimum Gasteiger partial charge on any atom is -0.310 e. The molecule has 2 aliphatic rings. The largest absolute Gasteiger partial charge is 0.310 e. The summed E-state index contributed by atoms with van der Waals surface area (Å²) < 4.78 is 2.05. The summed E-state index contributed by atoms with van der Waals surface area (Å²) in [4.78, 5) is 0. The van der Waals surface area contributed by atoms with Crippen LogP contribution in [0.5, 0.6) is 0 Å². The molecular weight excluding hydrogens is 248 g/mol. The van der Waals surface area contributed by atoms with Crippen LogP contribution in [0.2, 0.25) is 0 Å². The normalized spacial score (nSPS) is 27.5. The SMILES string of the molecule is c1ccc(-n2cnnc2CNCC2CC3CC3C2)cc1. The summed E-state index contributed by atoms with van der Waals surface area (Å²) in [5, 5.41) is 11.8. The van der Waals surface area contributed by atoms with Crippen LogP contribution in [0.1, 0.15) is 25.1 Å². The van der Waals surface area contributed by atoms with Gasteiger partial charge in [-0.05, 0) is 55.7 Å². The topological polar surface area (TPSA) is 42.7 Å². The maximum Gasteiger partial charge on any atom is 0.151 e. The van der Waals surface area contributed by atoms with Crippen LogP contribution < -0.4 is 5.32 Å². The van der Waals surface area contributed by atoms with Crippen molar-refractivity contribution in [1.82, 2.24) is 20.1 Å².